The van der Waals surface area contributed by atoms with E-state index in [-0.39, 0.29) is 29.6 Å². The maximum atomic E-state index is 13.8. The van der Waals surface area contributed by atoms with Gasteiger partial charge in [0.25, 0.3) is 0 Å². The number of hydrogen-bond donors (Lipinski definition) is 1. The summed E-state index contributed by atoms with van der Waals surface area (Å²) in [6, 6.07) is 18.5. The van der Waals surface area contributed by atoms with Crippen molar-refractivity contribution in [3.63, 3.8) is 0 Å². The zero-order chi connectivity index (χ0) is 29.9. The van der Waals surface area contributed by atoms with Gasteiger partial charge in [-0.1, -0.05) is 40.7 Å². The minimum absolute atomic E-state index is 0.00810. The van der Waals surface area contributed by atoms with Gasteiger partial charge in [0.2, 0.25) is 11.8 Å². The van der Waals surface area contributed by atoms with Gasteiger partial charge >= 0.3 is 0 Å². The summed E-state index contributed by atoms with van der Waals surface area (Å²) >= 11 is 3.48. The highest BCUT2D eigenvalue weighted by atomic mass is 79.9. The van der Waals surface area contributed by atoms with E-state index in [0.29, 0.717) is 32.7 Å². The Kier molecular flexibility index (Phi) is 8.65. The number of amides is 2. The van der Waals surface area contributed by atoms with Gasteiger partial charge in [-0.05, 0) is 60.9 Å². The largest absolute Gasteiger partial charge is 0.369 e. The molecule has 224 valence electrons. The molecule has 0 spiro atoms. The van der Waals surface area contributed by atoms with E-state index in [4.69, 9.17) is 0 Å². The minimum Gasteiger partial charge on any atom is -0.369 e. The van der Waals surface area contributed by atoms with Gasteiger partial charge < -0.3 is 24.9 Å². The van der Waals surface area contributed by atoms with Crippen LogP contribution in [0.3, 0.4) is 0 Å². The smallest absolute Gasteiger partial charge is 0.246 e. The third-order valence-electron chi connectivity index (χ3n) is 8.77. The van der Waals surface area contributed by atoms with Crippen molar-refractivity contribution in [3.05, 3.63) is 95.4 Å². The molecule has 1 aromatic heterocycles. The molecule has 2 amide bonds. The van der Waals surface area contributed by atoms with Gasteiger partial charge in [-0.15, -0.1) is 0 Å². The van der Waals surface area contributed by atoms with Crippen LogP contribution in [0.15, 0.2) is 84.0 Å². The first-order valence-electron chi connectivity index (χ1n) is 14.8. The normalized spacial score (nSPS) is 22.1. The number of nitrogens with one attached hydrogen (secondary N) is 1. The molecule has 0 aliphatic carbocycles. The Labute approximate surface area is 260 Å². The van der Waals surface area contributed by atoms with Crippen LogP contribution in [-0.4, -0.2) is 84.5 Å². The van der Waals surface area contributed by atoms with E-state index < -0.39 is 6.04 Å². The predicted molar refractivity (Wildman–Crippen MR) is 171 cm³/mol. The lowest BCUT2D eigenvalue weighted by Gasteiger charge is -2.49. The van der Waals surface area contributed by atoms with Crippen LogP contribution in [0.4, 0.5) is 21.6 Å². The summed E-state index contributed by atoms with van der Waals surface area (Å²) in [5.74, 6) is 0.342. The van der Waals surface area contributed by atoms with Gasteiger partial charge in [0.1, 0.15) is 17.7 Å². The summed E-state index contributed by atoms with van der Waals surface area (Å²) in [4.78, 5) is 38.9. The molecule has 0 radical (unpaired) electrons. The fourth-order valence-corrected chi connectivity index (χ4v) is 6.69. The van der Waals surface area contributed by atoms with Crippen molar-refractivity contribution in [3.8, 4) is 0 Å². The summed E-state index contributed by atoms with van der Waals surface area (Å²) in [5.41, 5.74) is 3.02. The Morgan fingerprint density at radius 1 is 0.953 bits per heavy atom. The number of aromatic nitrogens is 1. The summed E-state index contributed by atoms with van der Waals surface area (Å²) in [7, 11) is 0. The molecule has 10 heteroatoms. The Morgan fingerprint density at radius 2 is 1.72 bits per heavy atom. The number of carbonyl (C=O) groups is 2. The van der Waals surface area contributed by atoms with E-state index in [9.17, 15) is 14.0 Å². The van der Waals surface area contributed by atoms with Crippen molar-refractivity contribution in [2.75, 3.05) is 60.9 Å². The number of benzene rings is 2. The molecule has 3 aliphatic heterocycles. The summed E-state index contributed by atoms with van der Waals surface area (Å²) in [5, 5.41) is 3.59. The predicted octanol–water partition coefficient (Wildman–Crippen LogP) is 4.89. The molecular formula is C33H36BrFN6O2. The van der Waals surface area contributed by atoms with Crippen molar-refractivity contribution in [2.24, 2.45) is 0 Å². The molecule has 0 saturated carbocycles. The Hall–Kier alpha value is -3.92. The van der Waals surface area contributed by atoms with Crippen LogP contribution in [0.25, 0.3) is 0 Å². The molecule has 0 unspecified atom stereocenters. The molecule has 3 aromatic rings. The van der Waals surface area contributed by atoms with E-state index in [1.165, 1.54) is 12.1 Å². The van der Waals surface area contributed by atoms with Crippen molar-refractivity contribution in [2.45, 2.75) is 30.8 Å². The number of rotatable bonds is 7. The number of carbonyl (C=O) groups excluding carboxylic acids is 2. The molecular weight excluding hydrogens is 611 g/mol. The van der Waals surface area contributed by atoms with Gasteiger partial charge in [0.05, 0.1) is 0 Å². The maximum absolute atomic E-state index is 13.8. The van der Waals surface area contributed by atoms with Crippen LogP contribution in [0, 0.1) is 5.82 Å². The number of piperidine rings is 1. The van der Waals surface area contributed by atoms with Crippen molar-refractivity contribution in [1.29, 1.82) is 0 Å². The molecule has 3 atom stereocenters. The number of anilines is 3. The van der Waals surface area contributed by atoms with Gasteiger partial charge in [-0.25, -0.2) is 9.37 Å². The topological polar surface area (TPSA) is 72.0 Å². The van der Waals surface area contributed by atoms with Crippen molar-refractivity contribution in [1.82, 2.24) is 14.8 Å². The SMILES string of the molecule is C=CC(=O)N1C[C@H](c2ccc(Br)cc2)[C@@H]1C(=O)N1CCN(c2ccnc(N[C@@H]3CCCN(c4cccc(F)c4)C3)c2)CC1. The lowest BCUT2D eigenvalue weighted by molar-refractivity contribution is -0.152. The molecule has 0 bridgehead atoms. The molecule has 8 nitrogen and oxygen atoms in total. The van der Waals surface area contributed by atoms with Gasteiger partial charge in [0, 0.05) is 85.9 Å². The number of hydrogen-bond acceptors (Lipinski definition) is 6. The highest BCUT2D eigenvalue weighted by Crippen LogP contribution is 2.36. The molecule has 6 rings (SSSR count). The quantitative estimate of drug-likeness (QED) is 0.369. The van der Waals surface area contributed by atoms with Crippen LogP contribution in [-0.2, 0) is 9.59 Å². The third kappa shape index (κ3) is 6.39. The average molecular weight is 648 g/mol. The standard InChI is InChI=1S/C33H36BrFN6O2/c1-2-31(42)41-22-29(23-8-10-24(34)11-9-23)32(41)33(43)39-17-15-38(16-18-39)28-12-13-36-30(20-28)37-26-6-4-14-40(21-26)27-7-3-5-25(35)19-27/h2-3,5,7-13,19-20,26,29,32H,1,4,6,14-18,21-22H2,(H,36,37)/t26-,29-,32-/m1/s1. The molecule has 3 saturated heterocycles. The molecule has 2 aromatic carbocycles. The maximum Gasteiger partial charge on any atom is 0.246 e. The first-order chi connectivity index (χ1) is 20.9. The summed E-state index contributed by atoms with van der Waals surface area (Å²) in [6.45, 7) is 8.37. The monoisotopic (exact) mass is 646 g/mol. The van der Waals surface area contributed by atoms with Gasteiger partial charge in [-0.2, -0.15) is 0 Å². The Bertz CT molecular complexity index is 1480. The second-order valence-corrected chi connectivity index (χ2v) is 12.3. The number of pyridine rings is 1. The van der Waals surface area contributed by atoms with Crippen LogP contribution >= 0.6 is 15.9 Å². The number of nitrogens with zero attached hydrogens (tertiary/aromatic N) is 5. The van der Waals surface area contributed by atoms with Crippen LogP contribution in [0.2, 0.25) is 0 Å². The number of halogens is 2. The second kappa shape index (κ2) is 12.8. The first-order valence-corrected chi connectivity index (χ1v) is 15.6. The summed E-state index contributed by atoms with van der Waals surface area (Å²) in [6.07, 6.45) is 5.14. The van der Waals surface area contributed by atoms with E-state index in [1.807, 2.05) is 47.5 Å². The fourth-order valence-electron chi connectivity index (χ4n) is 6.43. The average Bonchev–Trinajstić information content (AvgIpc) is 3.02. The minimum atomic E-state index is -0.516. The number of likely N-dealkylation sites (tertiary alicyclic amines) is 1. The zero-order valence-electron chi connectivity index (χ0n) is 24.0. The molecule has 1 N–H and O–H groups in total. The van der Waals surface area contributed by atoms with Crippen molar-refractivity contribution >= 4 is 44.9 Å². The van der Waals surface area contributed by atoms with Gasteiger partial charge in [0.15, 0.2) is 0 Å². The zero-order valence-corrected chi connectivity index (χ0v) is 25.6. The summed E-state index contributed by atoms with van der Waals surface area (Å²) < 4.78 is 14.8. The van der Waals surface area contributed by atoms with Gasteiger partial charge in [-0.3, -0.25) is 9.59 Å². The van der Waals surface area contributed by atoms with E-state index in [1.54, 1.807) is 17.0 Å². The third-order valence-corrected chi connectivity index (χ3v) is 9.29. The first kappa shape index (κ1) is 29.2. The molecule has 43 heavy (non-hydrogen) atoms. The Morgan fingerprint density at radius 3 is 2.47 bits per heavy atom. The molecule has 4 heterocycles. The van der Waals surface area contributed by atoms with Crippen molar-refractivity contribution < 1.29 is 14.0 Å². The lowest BCUT2D eigenvalue weighted by Crippen LogP contribution is -2.65. The number of piperazine rings is 1. The lowest BCUT2D eigenvalue weighted by atomic mass is 9.81. The highest BCUT2D eigenvalue weighted by Gasteiger charge is 2.48. The molecule has 3 fully saturated rings. The van der Waals surface area contributed by atoms with E-state index in [0.717, 1.165) is 53.2 Å². The Balaban J connectivity index is 1.07. The highest BCUT2D eigenvalue weighted by molar-refractivity contribution is 9.10. The van der Waals surface area contributed by atoms with E-state index >= 15 is 0 Å². The van der Waals surface area contributed by atoms with Crippen LogP contribution in [0.5, 0.6) is 0 Å². The fraction of sp³-hybridized carbons (Fsp3) is 0.364. The van der Waals surface area contributed by atoms with Crippen LogP contribution in [0.1, 0.15) is 24.3 Å². The molecule has 3 aliphatic rings. The second-order valence-electron chi connectivity index (χ2n) is 11.4. The van der Waals surface area contributed by atoms with Crippen LogP contribution < -0.4 is 15.1 Å². The van der Waals surface area contributed by atoms with E-state index in [2.05, 4.69) is 48.7 Å².